The summed E-state index contributed by atoms with van der Waals surface area (Å²) in [7, 11) is 1.35. The predicted octanol–water partition coefficient (Wildman–Crippen LogP) is 2.45. The zero-order valence-corrected chi connectivity index (χ0v) is 13.1. The van der Waals surface area contributed by atoms with Crippen molar-refractivity contribution >= 4 is 12.0 Å². The van der Waals surface area contributed by atoms with E-state index in [9.17, 15) is 9.59 Å². The van der Waals surface area contributed by atoms with Gasteiger partial charge in [0.05, 0.1) is 7.11 Å². The van der Waals surface area contributed by atoms with Gasteiger partial charge in [0.1, 0.15) is 6.04 Å². The monoisotopic (exact) mass is 284 g/mol. The molecule has 0 aromatic rings. The number of rotatable bonds is 5. The minimum atomic E-state index is -0.570. The van der Waals surface area contributed by atoms with Crippen LogP contribution in [0, 0.1) is 11.8 Å². The second kappa shape index (κ2) is 8.12. The van der Waals surface area contributed by atoms with Gasteiger partial charge in [-0.2, -0.15) is 0 Å². The van der Waals surface area contributed by atoms with Gasteiger partial charge in [0.15, 0.2) is 0 Å². The van der Waals surface area contributed by atoms with Gasteiger partial charge in [-0.25, -0.2) is 9.59 Å². The van der Waals surface area contributed by atoms with Crippen molar-refractivity contribution in [3.8, 4) is 0 Å². The van der Waals surface area contributed by atoms with E-state index in [0.717, 1.165) is 19.3 Å². The Bertz CT molecular complexity index is 331. The number of hydrogen-bond acceptors (Lipinski definition) is 3. The SMILES string of the molecule is COC(=O)[C@@H](CC(C)C)NC(=O)N[C@@H]1CCCC[C@H]1C. The first-order valence-corrected chi connectivity index (χ1v) is 7.59. The number of amides is 2. The molecule has 1 saturated carbocycles. The molecule has 1 aliphatic rings. The van der Waals surface area contributed by atoms with Gasteiger partial charge in [-0.3, -0.25) is 0 Å². The molecule has 2 N–H and O–H groups in total. The molecule has 0 aromatic carbocycles. The number of ether oxygens (including phenoxy) is 1. The second-order valence-corrected chi connectivity index (χ2v) is 6.19. The normalized spacial score (nSPS) is 24.1. The molecule has 0 unspecified atom stereocenters. The Balaban J connectivity index is 2.50. The summed E-state index contributed by atoms with van der Waals surface area (Å²) in [5, 5.41) is 5.74. The van der Waals surface area contributed by atoms with Crippen LogP contribution in [-0.2, 0) is 9.53 Å². The fourth-order valence-corrected chi connectivity index (χ4v) is 2.73. The lowest BCUT2D eigenvalue weighted by Crippen LogP contribution is -2.51. The first kappa shape index (κ1) is 16.8. The highest BCUT2D eigenvalue weighted by Gasteiger charge is 2.26. The maximum atomic E-state index is 12.0. The van der Waals surface area contributed by atoms with E-state index >= 15 is 0 Å². The largest absolute Gasteiger partial charge is 0.467 e. The third-order valence-electron chi connectivity index (χ3n) is 3.93. The molecule has 0 radical (unpaired) electrons. The summed E-state index contributed by atoms with van der Waals surface area (Å²) >= 11 is 0. The van der Waals surface area contributed by atoms with Crippen molar-refractivity contribution in [3.63, 3.8) is 0 Å². The van der Waals surface area contributed by atoms with Gasteiger partial charge in [-0.15, -0.1) is 0 Å². The van der Waals surface area contributed by atoms with E-state index in [2.05, 4.69) is 17.6 Å². The molecule has 2 amide bonds. The van der Waals surface area contributed by atoms with Crippen LogP contribution < -0.4 is 10.6 Å². The second-order valence-electron chi connectivity index (χ2n) is 6.19. The van der Waals surface area contributed by atoms with Crippen molar-refractivity contribution in [2.45, 2.75) is 65.0 Å². The third kappa shape index (κ3) is 5.39. The number of methoxy groups -OCH3 is 1. The number of carbonyl (C=O) groups is 2. The van der Waals surface area contributed by atoms with Gasteiger partial charge in [0.25, 0.3) is 0 Å². The fraction of sp³-hybridized carbons (Fsp3) is 0.867. The molecule has 1 aliphatic carbocycles. The van der Waals surface area contributed by atoms with Gasteiger partial charge < -0.3 is 15.4 Å². The molecule has 0 saturated heterocycles. The highest BCUT2D eigenvalue weighted by Crippen LogP contribution is 2.23. The summed E-state index contributed by atoms with van der Waals surface area (Å²) in [6.07, 6.45) is 5.14. The maximum absolute atomic E-state index is 12.0. The number of urea groups is 1. The van der Waals surface area contributed by atoms with Crippen molar-refractivity contribution in [3.05, 3.63) is 0 Å². The molecule has 3 atom stereocenters. The van der Waals surface area contributed by atoms with Crippen LogP contribution in [0.2, 0.25) is 0 Å². The van der Waals surface area contributed by atoms with E-state index in [1.807, 2.05) is 13.8 Å². The molecule has 0 aliphatic heterocycles. The Morgan fingerprint density at radius 3 is 2.45 bits per heavy atom. The lowest BCUT2D eigenvalue weighted by atomic mass is 9.86. The van der Waals surface area contributed by atoms with E-state index in [-0.39, 0.29) is 18.0 Å². The van der Waals surface area contributed by atoms with Gasteiger partial charge >= 0.3 is 12.0 Å². The zero-order chi connectivity index (χ0) is 15.1. The zero-order valence-electron chi connectivity index (χ0n) is 13.1. The van der Waals surface area contributed by atoms with E-state index in [4.69, 9.17) is 4.74 Å². The first-order chi connectivity index (χ1) is 9.43. The summed E-state index contributed by atoms with van der Waals surface area (Å²) in [6, 6.07) is -0.625. The van der Waals surface area contributed by atoms with Crippen LogP contribution in [0.3, 0.4) is 0 Å². The topological polar surface area (TPSA) is 67.4 Å². The lowest BCUT2D eigenvalue weighted by Gasteiger charge is -2.30. The first-order valence-electron chi connectivity index (χ1n) is 7.59. The van der Waals surface area contributed by atoms with E-state index in [1.54, 1.807) is 0 Å². The third-order valence-corrected chi connectivity index (χ3v) is 3.93. The highest BCUT2D eigenvalue weighted by atomic mass is 16.5. The van der Waals surface area contributed by atoms with Crippen LogP contribution >= 0.6 is 0 Å². The summed E-state index contributed by atoms with van der Waals surface area (Å²) in [6.45, 7) is 6.19. The lowest BCUT2D eigenvalue weighted by molar-refractivity contribution is -0.143. The molecule has 0 spiro atoms. The van der Waals surface area contributed by atoms with Crippen LogP contribution in [-0.4, -0.2) is 31.2 Å². The molecule has 5 nitrogen and oxygen atoms in total. The van der Waals surface area contributed by atoms with Crippen molar-refractivity contribution in [1.29, 1.82) is 0 Å². The van der Waals surface area contributed by atoms with Gasteiger partial charge in [-0.05, 0) is 31.1 Å². The van der Waals surface area contributed by atoms with Gasteiger partial charge in [0, 0.05) is 6.04 Å². The number of hydrogen-bond donors (Lipinski definition) is 2. The quantitative estimate of drug-likeness (QED) is 0.762. The van der Waals surface area contributed by atoms with Crippen molar-refractivity contribution in [2.75, 3.05) is 7.11 Å². The van der Waals surface area contributed by atoms with E-state index in [1.165, 1.54) is 13.5 Å². The fourth-order valence-electron chi connectivity index (χ4n) is 2.73. The van der Waals surface area contributed by atoms with E-state index in [0.29, 0.717) is 18.3 Å². The van der Waals surface area contributed by atoms with Gasteiger partial charge in [0.2, 0.25) is 0 Å². The average Bonchev–Trinajstić information content (AvgIpc) is 2.39. The average molecular weight is 284 g/mol. The molecule has 20 heavy (non-hydrogen) atoms. The van der Waals surface area contributed by atoms with Crippen molar-refractivity contribution in [2.24, 2.45) is 11.8 Å². The maximum Gasteiger partial charge on any atom is 0.328 e. The van der Waals surface area contributed by atoms with Crippen LogP contribution in [0.4, 0.5) is 4.79 Å². The Morgan fingerprint density at radius 1 is 1.25 bits per heavy atom. The smallest absolute Gasteiger partial charge is 0.328 e. The van der Waals surface area contributed by atoms with Crippen molar-refractivity contribution in [1.82, 2.24) is 10.6 Å². The van der Waals surface area contributed by atoms with E-state index < -0.39 is 6.04 Å². The number of esters is 1. The van der Waals surface area contributed by atoms with Crippen LogP contribution in [0.25, 0.3) is 0 Å². The Morgan fingerprint density at radius 2 is 1.90 bits per heavy atom. The standard InChI is InChI=1S/C15H28N2O3/c1-10(2)9-13(14(18)20-4)17-15(19)16-12-8-6-5-7-11(12)3/h10-13H,5-9H2,1-4H3,(H2,16,17,19)/t11-,12-,13-/m1/s1. The highest BCUT2D eigenvalue weighted by molar-refractivity contribution is 5.83. The van der Waals surface area contributed by atoms with Crippen LogP contribution in [0.15, 0.2) is 0 Å². The summed E-state index contributed by atoms with van der Waals surface area (Å²) < 4.78 is 4.74. The Hall–Kier alpha value is -1.26. The molecule has 5 heteroatoms. The minimum absolute atomic E-state index is 0.209. The molecule has 1 rings (SSSR count). The summed E-state index contributed by atoms with van der Waals surface area (Å²) in [4.78, 5) is 23.7. The molecular formula is C15H28N2O3. The van der Waals surface area contributed by atoms with Crippen LogP contribution in [0.5, 0.6) is 0 Å². The van der Waals surface area contributed by atoms with Crippen molar-refractivity contribution < 1.29 is 14.3 Å². The molecule has 116 valence electrons. The predicted molar refractivity (Wildman–Crippen MR) is 78.3 cm³/mol. The minimum Gasteiger partial charge on any atom is -0.467 e. The molecule has 1 fully saturated rings. The molecule has 0 aromatic heterocycles. The Labute approximate surface area is 121 Å². The number of nitrogens with one attached hydrogen (secondary N) is 2. The molecule has 0 bridgehead atoms. The Kier molecular flexibility index (Phi) is 6.82. The summed E-state index contributed by atoms with van der Waals surface area (Å²) in [5.41, 5.74) is 0. The summed E-state index contributed by atoms with van der Waals surface area (Å²) in [5.74, 6) is 0.426. The number of carbonyl (C=O) groups excluding carboxylic acids is 2. The molecular weight excluding hydrogens is 256 g/mol. The van der Waals surface area contributed by atoms with Crippen LogP contribution in [0.1, 0.15) is 52.9 Å². The molecule has 0 heterocycles. The van der Waals surface area contributed by atoms with Gasteiger partial charge in [-0.1, -0.05) is 33.6 Å².